The third-order valence-electron chi connectivity index (χ3n) is 5.53. The summed E-state index contributed by atoms with van der Waals surface area (Å²) in [6, 6.07) is 11.3. The molecule has 2 aromatic rings. The maximum absolute atomic E-state index is 2.46. The van der Waals surface area contributed by atoms with Gasteiger partial charge in [0.25, 0.3) is 0 Å². The standard InChI is InChI=1S/C21H28N/c1-15-13-17-18(21(4,5)11-10-20(17,2)3)14-16(15)19-9-7-8-12-22(19)6/h7-9,12-14H,10-11H2,1-6H3/q+1. The number of nitrogens with zero attached hydrogens (tertiary/aromatic N) is 1. The van der Waals surface area contributed by atoms with E-state index in [0.717, 1.165) is 0 Å². The minimum absolute atomic E-state index is 0.265. The molecule has 0 radical (unpaired) electrons. The number of benzene rings is 1. The number of pyridine rings is 1. The fraction of sp³-hybridized carbons (Fsp3) is 0.476. The first-order valence-electron chi connectivity index (χ1n) is 8.33. The van der Waals surface area contributed by atoms with Gasteiger partial charge in [0.15, 0.2) is 6.20 Å². The molecule has 1 aliphatic carbocycles. The lowest BCUT2D eigenvalue weighted by atomic mass is 9.62. The molecule has 1 heteroatoms. The molecule has 0 unspecified atom stereocenters. The van der Waals surface area contributed by atoms with Crippen molar-refractivity contribution in [1.82, 2.24) is 0 Å². The van der Waals surface area contributed by atoms with E-state index >= 15 is 0 Å². The van der Waals surface area contributed by atoms with E-state index in [1.807, 2.05) is 0 Å². The van der Waals surface area contributed by atoms with Crippen molar-refractivity contribution in [3.63, 3.8) is 0 Å². The second kappa shape index (κ2) is 4.94. The predicted molar refractivity (Wildman–Crippen MR) is 93.1 cm³/mol. The molecule has 0 fully saturated rings. The summed E-state index contributed by atoms with van der Waals surface area (Å²) in [6.45, 7) is 11.8. The quantitative estimate of drug-likeness (QED) is 0.663. The Morgan fingerprint density at radius 1 is 0.909 bits per heavy atom. The topological polar surface area (TPSA) is 3.88 Å². The monoisotopic (exact) mass is 294 g/mol. The van der Waals surface area contributed by atoms with E-state index in [-0.39, 0.29) is 10.8 Å². The third-order valence-corrected chi connectivity index (χ3v) is 5.53. The zero-order valence-electron chi connectivity index (χ0n) is 14.8. The Labute approximate surface area is 135 Å². The number of hydrogen-bond acceptors (Lipinski definition) is 0. The molecular formula is C21H28N+. The zero-order valence-corrected chi connectivity index (χ0v) is 14.8. The molecule has 116 valence electrons. The highest BCUT2D eigenvalue weighted by Gasteiger charge is 2.37. The highest BCUT2D eigenvalue weighted by Crippen LogP contribution is 2.47. The third kappa shape index (κ3) is 2.37. The molecule has 0 amide bonds. The van der Waals surface area contributed by atoms with E-state index in [9.17, 15) is 0 Å². The maximum Gasteiger partial charge on any atom is 0.212 e. The van der Waals surface area contributed by atoms with Crippen LogP contribution in [0, 0.1) is 6.92 Å². The van der Waals surface area contributed by atoms with Gasteiger partial charge in [0, 0.05) is 17.7 Å². The van der Waals surface area contributed by atoms with Crippen LogP contribution in [0.3, 0.4) is 0 Å². The van der Waals surface area contributed by atoms with E-state index in [1.165, 1.54) is 35.2 Å². The van der Waals surface area contributed by atoms with Gasteiger partial charge in [-0.15, -0.1) is 0 Å². The summed E-state index contributed by atoms with van der Waals surface area (Å²) in [6.07, 6.45) is 4.66. The Morgan fingerprint density at radius 3 is 2.09 bits per heavy atom. The van der Waals surface area contributed by atoms with Crippen LogP contribution < -0.4 is 4.57 Å². The summed E-state index contributed by atoms with van der Waals surface area (Å²) in [5, 5.41) is 0. The van der Waals surface area contributed by atoms with E-state index in [1.54, 1.807) is 5.56 Å². The Kier molecular flexibility index (Phi) is 3.43. The maximum atomic E-state index is 2.46. The van der Waals surface area contributed by atoms with Crippen molar-refractivity contribution >= 4 is 0 Å². The van der Waals surface area contributed by atoms with Gasteiger partial charge in [0.1, 0.15) is 7.05 Å². The first-order valence-corrected chi connectivity index (χ1v) is 8.33. The Hall–Kier alpha value is -1.63. The molecular weight excluding hydrogens is 266 g/mol. The lowest BCUT2D eigenvalue weighted by Crippen LogP contribution is -2.35. The Bertz CT molecular complexity index is 723. The van der Waals surface area contributed by atoms with Gasteiger partial charge >= 0.3 is 0 Å². The minimum Gasteiger partial charge on any atom is -0.201 e. The summed E-state index contributed by atoms with van der Waals surface area (Å²) < 4.78 is 2.22. The van der Waals surface area contributed by atoms with E-state index < -0.39 is 0 Å². The summed E-state index contributed by atoms with van der Waals surface area (Å²) in [4.78, 5) is 0. The molecule has 0 aliphatic heterocycles. The molecule has 0 spiro atoms. The molecule has 1 aliphatic rings. The van der Waals surface area contributed by atoms with Crippen LogP contribution in [-0.2, 0) is 17.9 Å². The molecule has 0 saturated heterocycles. The average Bonchev–Trinajstić information content (AvgIpc) is 2.45. The van der Waals surface area contributed by atoms with Crippen LogP contribution in [0.15, 0.2) is 36.5 Å². The number of rotatable bonds is 1. The van der Waals surface area contributed by atoms with Crippen LogP contribution in [0.5, 0.6) is 0 Å². The number of fused-ring (bicyclic) bond motifs is 1. The van der Waals surface area contributed by atoms with Crippen molar-refractivity contribution in [3.05, 3.63) is 53.2 Å². The van der Waals surface area contributed by atoms with E-state index in [2.05, 4.69) is 82.8 Å². The van der Waals surface area contributed by atoms with Crippen LogP contribution >= 0.6 is 0 Å². The minimum atomic E-state index is 0.265. The van der Waals surface area contributed by atoms with Crippen molar-refractivity contribution in [2.45, 2.75) is 58.3 Å². The first-order chi connectivity index (χ1) is 10.2. The van der Waals surface area contributed by atoms with E-state index in [0.29, 0.717) is 0 Å². The van der Waals surface area contributed by atoms with Crippen molar-refractivity contribution < 1.29 is 4.57 Å². The first kappa shape index (κ1) is 15.3. The fourth-order valence-corrected chi connectivity index (χ4v) is 3.80. The smallest absolute Gasteiger partial charge is 0.201 e. The average molecular weight is 294 g/mol. The Morgan fingerprint density at radius 2 is 1.50 bits per heavy atom. The fourth-order valence-electron chi connectivity index (χ4n) is 3.80. The van der Waals surface area contributed by atoms with Crippen LogP contribution in [-0.4, -0.2) is 0 Å². The SMILES string of the molecule is Cc1cc2c(cc1-c1cccc[n+]1C)C(C)(C)CCC2(C)C. The Balaban J connectivity index is 2.27. The summed E-state index contributed by atoms with van der Waals surface area (Å²) in [5.41, 5.74) is 7.67. The van der Waals surface area contributed by atoms with E-state index in [4.69, 9.17) is 0 Å². The number of aromatic nitrogens is 1. The summed E-state index contributed by atoms with van der Waals surface area (Å²) >= 11 is 0. The van der Waals surface area contributed by atoms with Crippen molar-refractivity contribution in [1.29, 1.82) is 0 Å². The van der Waals surface area contributed by atoms with Crippen LogP contribution in [0.4, 0.5) is 0 Å². The molecule has 1 aromatic carbocycles. The lowest BCUT2D eigenvalue weighted by molar-refractivity contribution is -0.660. The van der Waals surface area contributed by atoms with Gasteiger partial charge in [-0.25, -0.2) is 4.57 Å². The summed E-state index contributed by atoms with van der Waals surface area (Å²) in [5.74, 6) is 0. The number of hydrogen-bond donors (Lipinski definition) is 0. The molecule has 22 heavy (non-hydrogen) atoms. The highest BCUT2D eigenvalue weighted by molar-refractivity contribution is 5.65. The van der Waals surface area contributed by atoms with Gasteiger partial charge < -0.3 is 0 Å². The molecule has 1 heterocycles. The van der Waals surface area contributed by atoms with Gasteiger partial charge in [0.05, 0.1) is 0 Å². The van der Waals surface area contributed by atoms with Crippen molar-refractivity contribution in [3.8, 4) is 11.3 Å². The summed E-state index contributed by atoms with van der Waals surface area (Å²) in [7, 11) is 2.13. The lowest BCUT2D eigenvalue weighted by Gasteiger charge is -2.42. The zero-order chi connectivity index (χ0) is 16.1. The second-order valence-electron chi connectivity index (χ2n) is 8.18. The van der Waals surface area contributed by atoms with Gasteiger partial charge in [-0.3, -0.25) is 0 Å². The van der Waals surface area contributed by atoms with Crippen molar-refractivity contribution in [2.24, 2.45) is 7.05 Å². The molecule has 3 rings (SSSR count). The van der Waals surface area contributed by atoms with Gasteiger partial charge in [-0.05, 0) is 59.4 Å². The van der Waals surface area contributed by atoms with Gasteiger partial charge in [0.2, 0.25) is 5.69 Å². The van der Waals surface area contributed by atoms with Crippen molar-refractivity contribution in [2.75, 3.05) is 0 Å². The molecule has 0 saturated carbocycles. The second-order valence-corrected chi connectivity index (χ2v) is 8.18. The van der Waals surface area contributed by atoms with Gasteiger partial charge in [-0.1, -0.05) is 33.8 Å². The van der Waals surface area contributed by atoms with Crippen LogP contribution in [0.2, 0.25) is 0 Å². The number of aryl methyl sites for hydroxylation is 2. The van der Waals surface area contributed by atoms with Gasteiger partial charge in [-0.2, -0.15) is 0 Å². The largest absolute Gasteiger partial charge is 0.212 e. The van der Waals surface area contributed by atoms with Crippen LogP contribution in [0.25, 0.3) is 11.3 Å². The van der Waals surface area contributed by atoms with Crippen LogP contribution in [0.1, 0.15) is 57.2 Å². The molecule has 0 atom stereocenters. The molecule has 0 bridgehead atoms. The highest BCUT2D eigenvalue weighted by atomic mass is 14.9. The molecule has 0 N–H and O–H groups in total. The normalized spacial score (nSPS) is 18.8. The molecule has 1 nitrogen and oxygen atoms in total. The molecule has 1 aromatic heterocycles. The predicted octanol–water partition coefficient (Wildman–Crippen LogP) is 4.84.